The average molecular weight is 576 g/mol. The van der Waals surface area contributed by atoms with E-state index in [1.54, 1.807) is 7.11 Å². The zero-order valence-electron chi connectivity index (χ0n) is 26.7. The SMILES string of the molecule is COc1cccc([C@]23CC[N@+](CC(C)C)(CC4CC4)CC2(OC)CC[C@@H](NC(=O)CCCCCc2ccccc2)C3)c1. The number of nitrogens with zero attached hydrogens (tertiary/aromatic N) is 1. The Morgan fingerprint density at radius 1 is 1.00 bits per heavy atom. The zero-order chi connectivity index (χ0) is 29.6. The summed E-state index contributed by atoms with van der Waals surface area (Å²) in [6, 6.07) is 19.5. The maximum Gasteiger partial charge on any atom is 0.220 e. The third-order valence-electron chi connectivity index (χ3n) is 10.7. The van der Waals surface area contributed by atoms with Crippen LogP contribution in [0.15, 0.2) is 54.6 Å². The lowest BCUT2D eigenvalue weighted by atomic mass is 9.54. The van der Waals surface area contributed by atoms with Crippen molar-refractivity contribution in [1.29, 1.82) is 0 Å². The van der Waals surface area contributed by atoms with E-state index >= 15 is 0 Å². The maximum atomic E-state index is 13.2. The number of rotatable bonds is 14. The summed E-state index contributed by atoms with van der Waals surface area (Å²) in [5, 5.41) is 3.49. The number of hydrogen-bond donors (Lipinski definition) is 1. The van der Waals surface area contributed by atoms with Crippen LogP contribution in [-0.4, -0.2) is 62.4 Å². The number of amides is 1. The number of piperidine rings is 1. The molecule has 2 saturated carbocycles. The molecule has 0 radical (unpaired) electrons. The van der Waals surface area contributed by atoms with Crippen LogP contribution in [0.25, 0.3) is 0 Å². The van der Waals surface area contributed by atoms with Crippen LogP contribution >= 0.6 is 0 Å². The molecule has 3 fully saturated rings. The monoisotopic (exact) mass is 575 g/mol. The Kier molecular flexibility index (Phi) is 9.99. The van der Waals surface area contributed by atoms with Gasteiger partial charge in [-0.3, -0.25) is 4.79 Å². The first-order valence-electron chi connectivity index (χ1n) is 16.7. The van der Waals surface area contributed by atoms with Crippen molar-refractivity contribution < 1.29 is 18.8 Å². The summed E-state index contributed by atoms with van der Waals surface area (Å²) in [4.78, 5) is 13.2. The van der Waals surface area contributed by atoms with E-state index < -0.39 is 0 Å². The van der Waals surface area contributed by atoms with E-state index in [4.69, 9.17) is 9.47 Å². The van der Waals surface area contributed by atoms with E-state index in [1.807, 2.05) is 13.2 Å². The smallest absolute Gasteiger partial charge is 0.220 e. The summed E-state index contributed by atoms with van der Waals surface area (Å²) < 4.78 is 13.7. The Balaban J connectivity index is 1.30. The van der Waals surface area contributed by atoms with Gasteiger partial charge in [-0.15, -0.1) is 0 Å². The highest BCUT2D eigenvalue weighted by Crippen LogP contribution is 2.56. The van der Waals surface area contributed by atoms with E-state index in [0.717, 1.165) is 69.6 Å². The molecule has 4 atom stereocenters. The lowest BCUT2D eigenvalue weighted by Gasteiger charge is -2.62. The largest absolute Gasteiger partial charge is 0.497 e. The second kappa shape index (κ2) is 13.5. The minimum atomic E-state index is -0.250. The Hall–Kier alpha value is -2.37. The fourth-order valence-electron chi connectivity index (χ4n) is 8.64. The van der Waals surface area contributed by atoms with E-state index in [2.05, 4.69) is 67.7 Å². The second-order valence-electron chi connectivity index (χ2n) is 14.2. The molecule has 5 nitrogen and oxygen atoms in total. The van der Waals surface area contributed by atoms with Gasteiger partial charge in [-0.05, 0) is 74.6 Å². The fraction of sp³-hybridized carbons (Fsp3) is 0.649. The highest BCUT2D eigenvalue weighted by Gasteiger charge is 2.64. The summed E-state index contributed by atoms with van der Waals surface area (Å²) in [6.07, 6.45) is 11.6. The third-order valence-corrected chi connectivity index (χ3v) is 10.7. The van der Waals surface area contributed by atoms with Crippen molar-refractivity contribution in [3.8, 4) is 5.75 Å². The van der Waals surface area contributed by atoms with Crippen LogP contribution < -0.4 is 10.1 Å². The van der Waals surface area contributed by atoms with Gasteiger partial charge in [-0.2, -0.15) is 0 Å². The summed E-state index contributed by atoms with van der Waals surface area (Å²) in [7, 11) is 3.71. The number of hydrogen-bond acceptors (Lipinski definition) is 3. The molecule has 5 heteroatoms. The molecule has 1 heterocycles. The van der Waals surface area contributed by atoms with Gasteiger partial charge in [0.05, 0.1) is 26.7 Å². The van der Waals surface area contributed by atoms with Gasteiger partial charge in [0.15, 0.2) is 0 Å². The number of ether oxygens (including phenoxy) is 2. The van der Waals surface area contributed by atoms with Crippen LogP contribution in [0.1, 0.15) is 89.2 Å². The van der Waals surface area contributed by atoms with Gasteiger partial charge >= 0.3 is 0 Å². The molecule has 1 unspecified atom stereocenters. The first kappa shape index (κ1) is 31.1. The number of methoxy groups -OCH3 is 2. The van der Waals surface area contributed by atoms with E-state index in [0.29, 0.717) is 12.3 Å². The van der Waals surface area contributed by atoms with Crippen LogP contribution in [-0.2, 0) is 21.4 Å². The average Bonchev–Trinajstić information content (AvgIpc) is 3.81. The quantitative estimate of drug-likeness (QED) is 0.194. The van der Waals surface area contributed by atoms with Gasteiger partial charge in [0.2, 0.25) is 5.91 Å². The zero-order valence-corrected chi connectivity index (χ0v) is 26.7. The van der Waals surface area contributed by atoms with Gasteiger partial charge in [0.25, 0.3) is 0 Å². The van der Waals surface area contributed by atoms with Crippen molar-refractivity contribution in [3.05, 3.63) is 65.7 Å². The molecule has 230 valence electrons. The summed E-state index contributed by atoms with van der Waals surface area (Å²) >= 11 is 0. The predicted molar refractivity (Wildman–Crippen MR) is 171 cm³/mol. The van der Waals surface area contributed by atoms with E-state index in [1.165, 1.54) is 48.1 Å². The molecule has 3 aliphatic rings. The Morgan fingerprint density at radius 2 is 1.81 bits per heavy atom. The normalized spacial score (nSPS) is 29.2. The first-order valence-corrected chi connectivity index (χ1v) is 16.7. The Labute approximate surface area is 255 Å². The highest BCUT2D eigenvalue weighted by molar-refractivity contribution is 5.76. The van der Waals surface area contributed by atoms with Crippen molar-refractivity contribution in [2.24, 2.45) is 11.8 Å². The molecule has 1 N–H and O–H groups in total. The lowest BCUT2D eigenvalue weighted by Crippen LogP contribution is -2.73. The number of carbonyl (C=O) groups excluding carboxylic acids is 1. The van der Waals surface area contributed by atoms with Crippen molar-refractivity contribution in [2.75, 3.05) is 40.4 Å². The molecule has 2 aliphatic carbocycles. The van der Waals surface area contributed by atoms with Crippen molar-refractivity contribution in [3.63, 3.8) is 0 Å². The fourth-order valence-corrected chi connectivity index (χ4v) is 8.64. The number of fused-ring (bicyclic) bond motifs is 1. The van der Waals surface area contributed by atoms with Crippen LogP contribution in [0, 0.1) is 11.8 Å². The van der Waals surface area contributed by atoms with Crippen molar-refractivity contribution >= 4 is 5.91 Å². The topological polar surface area (TPSA) is 47.6 Å². The van der Waals surface area contributed by atoms with Gasteiger partial charge in [-0.25, -0.2) is 0 Å². The summed E-state index contributed by atoms with van der Waals surface area (Å²) in [5.74, 6) is 2.65. The number of nitrogens with one attached hydrogen (secondary N) is 1. The molecular weight excluding hydrogens is 520 g/mol. The van der Waals surface area contributed by atoms with E-state index in [-0.39, 0.29) is 23.0 Å². The Bertz CT molecular complexity index is 1160. The molecule has 0 bridgehead atoms. The van der Waals surface area contributed by atoms with Crippen LogP contribution in [0.2, 0.25) is 0 Å². The molecular formula is C37H55N2O3+. The standard InChI is InChI=1S/C37H54N2O3/c1-29(2)26-39(27-31-18-19-31)23-22-36(32-15-11-16-34(24-32)41-3)25-33(20-21-37(36,28-39)42-4)38-35(40)17-10-6-9-14-30-12-7-5-8-13-30/h5,7-8,11-13,15-16,24,29,31,33H,6,9-10,14,17-23,25-28H2,1-4H3/p+1/t33-,36-,37?,39+/m1/s1. The maximum absolute atomic E-state index is 13.2. The van der Waals surface area contributed by atoms with Gasteiger partial charge in [0, 0.05) is 43.2 Å². The predicted octanol–water partition coefficient (Wildman–Crippen LogP) is 7.08. The highest BCUT2D eigenvalue weighted by atomic mass is 16.5. The molecule has 2 aromatic rings. The van der Waals surface area contributed by atoms with Gasteiger partial charge in [0.1, 0.15) is 17.9 Å². The first-order chi connectivity index (χ1) is 20.3. The molecule has 1 amide bonds. The Morgan fingerprint density at radius 3 is 2.52 bits per heavy atom. The molecule has 2 aromatic carbocycles. The molecule has 1 saturated heterocycles. The summed E-state index contributed by atoms with van der Waals surface area (Å²) in [5.41, 5.74) is 2.30. The minimum absolute atomic E-state index is 0.148. The lowest BCUT2D eigenvalue weighted by molar-refractivity contribution is -0.945. The number of aryl methyl sites for hydroxylation is 1. The van der Waals surface area contributed by atoms with Crippen LogP contribution in [0.3, 0.4) is 0 Å². The second-order valence-corrected chi connectivity index (χ2v) is 14.2. The van der Waals surface area contributed by atoms with Crippen LogP contribution in [0.5, 0.6) is 5.75 Å². The van der Waals surface area contributed by atoms with Crippen LogP contribution in [0.4, 0.5) is 0 Å². The minimum Gasteiger partial charge on any atom is -0.497 e. The molecule has 5 rings (SSSR count). The molecule has 1 aliphatic heterocycles. The number of carbonyl (C=O) groups is 1. The van der Waals surface area contributed by atoms with Gasteiger partial charge in [-0.1, -0.05) is 62.7 Å². The van der Waals surface area contributed by atoms with Crippen molar-refractivity contribution in [1.82, 2.24) is 5.32 Å². The third kappa shape index (κ3) is 7.05. The van der Waals surface area contributed by atoms with Gasteiger partial charge < -0.3 is 19.3 Å². The number of likely N-dealkylation sites (tertiary alicyclic amines) is 1. The number of unbranched alkanes of at least 4 members (excludes halogenated alkanes) is 2. The molecule has 0 spiro atoms. The number of quaternary nitrogens is 1. The molecule has 42 heavy (non-hydrogen) atoms. The number of benzene rings is 2. The van der Waals surface area contributed by atoms with E-state index in [9.17, 15) is 4.79 Å². The van der Waals surface area contributed by atoms with Crippen molar-refractivity contribution in [2.45, 2.75) is 102 Å². The summed E-state index contributed by atoms with van der Waals surface area (Å²) in [6.45, 7) is 9.52. The molecule has 0 aromatic heterocycles.